The van der Waals surface area contributed by atoms with Crippen LogP contribution in [-0.2, 0) is 13.0 Å². The van der Waals surface area contributed by atoms with Gasteiger partial charge in [0.25, 0.3) is 0 Å². The SMILES string of the molecule is COc1cc(CCCN)cc(CN(C)C)c1O. The number of aromatic hydroxyl groups is 1. The third-order valence-electron chi connectivity index (χ3n) is 2.59. The van der Waals surface area contributed by atoms with E-state index in [-0.39, 0.29) is 5.75 Å². The molecule has 0 saturated carbocycles. The fraction of sp³-hybridized carbons (Fsp3) is 0.538. The van der Waals surface area contributed by atoms with Gasteiger partial charge in [-0.3, -0.25) is 0 Å². The molecular weight excluding hydrogens is 216 g/mol. The molecule has 0 saturated heterocycles. The van der Waals surface area contributed by atoms with E-state index in [1.54, 1.807) is 7.11 Å². The predicted octanol–water partition coefficient (Wildman–Crippen LogP) is 1.35. The highest BCUT2D eigenvalue weighted by atomic mass is 16.5. The normalized spacial score (nSPS) is 10.9. The van der Waals surface area contributed by atoms with Gasteiger partial charge in [-0.1, -0.05) is 6.07 Å². The van der Waals surface area contributed by atoms with Crippen LogP contribution in [0.15, 0.2) is 12.1 Å². The second-order valence-corrected chi connectivity index (χ2v) is 4.44. The number of nitrogens with two attached hydrogens (primary N) is 1. The van der Waals surface area contributed by atoms with Crippen LogP contribution in [0.5, 0.6) is 11.5 Å². The third-order valence-corrected chi connectivity index (χ3v) is 2.59. The molecule has 4 nitrogen and oxygen atoms in total. The second-order valence-electron chi connectivity index (χ2n) is 4.44. The van der Waals surface area contributed by atoms with Crippen molar-refractivity contribution >= 4 is 0 Å². The molecular formula is C13H22N2O2. The number of phenols is 1. The molecule has 0 atom stereocenters. The van der Waals surface area contributed by atoms with Crippen LogP contribution in [0.1, 0.15) is 17.5 Å². The first-order chi connectivity index (χ1) is 8.08. The first kappa shape index (κ1) is 13.8. The third kappa shape index (κ3) is 3.91. The van der Waals surface area contributed by atoms with Crippen LogP contribution < -0.4 is 10.5 Å². The van der Waals surface area contributed by atoms with Gasteiger partial charge in [-0.05, 0) is 45.1 Å². The number of aryl methyl sites for hydroxylation is 1. The van der Waals surface area contributed by atoms with E-state index in [1.807, 2.05) is 31.1 Å². The number of phenolic OH excluding ortho intramolecular Hbond substituents is 1. The van der Waals surface area contributed by atoms with Crippen molar-refractivity contribution in [2.75, 3.05) is 27.7 Å². The summed E-state index contributed by atoms with van der Waals surface area (Å²) in [7, 11) is 5.51. The lowest BCUT2D eigenvalue weighted by molar-refractivity contribution is 0.354. The van der Waals surface area contributed by atoms with E-state index in [0.717, 1.165) is 24.0 Å². The van der Waals surface area contributed by atoms with E-state index in [4.69, 9.17) is 10.5 Å². The minimum Gasteiger partial charge on any atom is -0.504 e. The number of rotatable bonds is 6. The van der Waals surface area contributed by atoms with Gasteiger partial charge >= 0.3 is 0 Å². The number of nitrogens with zero attached hydrogens (tertiary/aromatic N) is 1. The Bertz CT molecular complexity index is 365. The van der Waals surface area contributed by atoms with Gasteiger partial charge in [-0.2, -0.15) is 0 Å². The number of ether oxygens (including phenoxy) is 1. The molecule has 0 radical (unpaired) electrons. The number of benzene rings is 1. The molecule has 3 N–H and O–H groups in total. The van der Waals surface area contributed by atoms with Gasteiger partial charge in [-0.25, -0.2) is 0 Å². The van der Waals surface area contributed by atoms with Crippen LogP contribution in [0.2, 0.25) is 0 Å². The summed E-state index contributed by atoms with van der Waals surface area (Å²) >= 11 is 0. The number of hydrogen-bond donors (Lipinski definition) is 2. The number of hydrogen-bond acceptors (Lipinski definition) is 4. The van der Waals surface area contributed by atoms with Crippen LogP contribution in [0.4, 0.5) is 0 Å². The molecule has 0 fully saturated rings. The molecule has 0 spiro atoms. The van der Waals surface area contributed by atoms with E-state index >= 15 is 0 Å². The fourth-order valence-electron chi connectivity index (χ4n) is 1.80. The Morgan fingerprint density at radius 1 is 1.35 bits per heavy atom. The van der Waals surface area contributed by atoms with Gasteiger partial charge < -0.3 is 20.5 Å². The Kier molecular flexibility index (Phi) is 5.25. The molecule has 0 aliphatic carbocycles. The van der Waals surface area contributed by atoms with Gasteiger partial charge in [0.15, 0.2) is 11.5 Å². The summed E-state index contributed by atoms with van der Waals surface area (Å²) < 4.78 is 5.19. The Balaban J connectivity index is 3.00. The Hall–Kier alpha value is -1.26. The Morgan fingerprint density at radius 2 is 2.06 bits per heavy atom. The van der Waals surface area contributed by atoms with Gasteiger partial charge in [0.1, 0.15) is 0 Å². The smallest absolute Gasteiger partial charge is 0.162 e. The van der Waals surface area contributed by atoms with E-state index < -0.39 is 0 Å². The van der Waals surface area contributed by atoms with Crippen molar-refractivity contribution in [2.24, 2.45) is 5.73 Å². The highest BCUT2D eigenvalue weighted by Gasteiger charge is 2.11. The quantitative estimate of drug-likeness (QED) is 0.785. The first-order valence-corrected chi connectivity index (χ1v) is 5.82. The summed E-state index contributed by atoms with van der Waals surface area (Å²) in [6, 6.07) is 3.90. The largest absolute Gasteiger partial charge is 0.504 e. The summed E-state index contributed by atoms with van der Waals surface area (Å²) in [6.45, 7) is 1.37. The predicted molar refractivity (Wildman–Crippen MR) is 69.4 cm³/mol. The molecule has 0 heterocycles. The lowest BCUT2D eigenvalue weighted by Crippen LogP contribution is -2.11. The van der Waals surface area contributed by atoms with Crippen LogP contribution in [-0.4, -0.2) is 37.8 Å². The molecule has 0 bridgehead atoms. The zero-order valence-corrected chi connectivity index (χ0v) is 10.9. The highest BCUT2D eigenvalue weighted by molar-refractivity contribution is 5.48. The van der Waals surface area contributed by atoms with Crippen molar-refractivity contribution in [1.29, 1.82) is 0 Å². The van der Waals surface area contributed by atoms with Crippen molar-refractivity contribution in [1.82, 2.24) is 4.90 Å². The van der Waals surface area contributed by atoms with Crippen molar-refractivity contribution < 1.29 is 9.84 Å². The average molecular weight is 238 g/mol. The lowest BCUT2D eigenvalue weighted by atomic mass is 10.0. The van der Waals surface area contributed by atoms with E-state index in [1.165, 1.54) is 0 Å². The van der Waals surface area contributed by atoms with Gasteiger partial charge in [-0.15, -0.1) is 0 Å². The molecule has 0 aromatic heterocycles. The maximum Gasteiger partial charge on any atom is 0.162 e. The van der Waals surface area contributed by atoms with Crippen molar-refractivity contribution in [3.05, 3.63) is 23.3 Å². The Morgan fingerprint density at radius 3 is 2.59 bits per heavy atom. The minimum absolute atomic E-state index is 0.234. The molecule has 17 heavy (non-hydrogen) atoms. The number of methoxy groups -OCH3 is 1. The minimum atomic E-state index is 0.234. The van der Waals surface area contributed by atoms with Gasteiger partial charge in [0, 0.05) is 12.1 Å². The maximum absolute atomic E-state index is 10.0. The molecule has 1 aromatic carbocycles. The van der Waals surface area contributed by atoms with E-state index in [9.17, 15) is 5.11 Å². The Labute approximate surface area is 103 Å². The fourth-order valence-corrected chi connectivity index (χ4v) is 1.80. The zero-order valence-electron chi connectivity index (χ0n) is 10.9. The lowest BCUT2D eigenvalue weighted by Gasteiger charge is -2.15. The molecule has 0 unspecified atom stereocenters. The topological polar surface area (TPSA) is 58.7 Å². The molecule has 4 heteroatoms. The van der Waals surface area contributed by atoms with E-state index in [2.05, 4.69) is 0 Å². The maximum atomic E-state index is 10.0. The van der Waals surface area contributed by atoms with E-state index in [0.29, 0.717) is 18.8 Å². The summed E-state index contributed by atoms with van der Waals surface area (Å²) in [4.78, 5) is 2.02. The van der Waals surface area contributed by atoms with Crippen molar-refractivity contribution in [3.63, 3.8) is 0 Å². The highest BCUT2D eigenvalue weighted by Crippen LogP contribution is 2.32. The van der Waals surface area contributed by atoms with Crippen LogP contribution in [0, 0.1) is 0 Å². The standard InChI is InChI=1S/C13H22N2O2/c1-15(2)9-11-7-10(5-4-6-14)8-12(17-3)13(11)16/h7-8,16H,4-6,9,14H2,1-3H3. The summed E-state index contributed by atoms with van der Waals surface area (Å²) in [5.74, 6) is 0.772. The van der Waals surface area contributed by atoms with Crippen LogP contribution in [0.3, 0.4) is 0 Å². The summed E-state index contributed by atoms with van der Waals surface area (Å²) in [6.07, 6.45) is 1.85. The molecule has 1 rings (SSSR count). The van der Waals surface area contributed by atoms with Crippen LogP contribution in [0.25, 0.3) is 0 Å². The molecule has 0 amide bonds. The van der Waals surface area contributed by atoms with Crippen molar-refractivity contribution in [3.8, 4) is 11.5 Å². The van der Waals surface area contributed by atoms with Gasteiger partial charge in [0.2, 0.25) is 0 Å². The summed E-state index contributed by atoms with van der Waals surface area (Å²) in [5, 5.41) is 10.0. The molecule has 1 aromatic rings. The average Bonchev–Trinajstić information content (AvgIpc) is 2.29. The zero-order chi connectivity index (χ0) is 12.8. The summed E-state index contributed by atoms with van der Waals surface area (Å²) in [5.41, 5.74) is 7.55. The molecule has 96 valence electrons. The monoisotopic (exact) mass is 238 g/mol. The molecule has 0 aliphatic rings. The second kappa shape index (κ2) is 6.47. The first-order valence-electron chi connectivity index (χ1n) is 5.82. The van der Waals surface area contributed by atoms with Crippen molar-refractivity contribution in [2.45, 2.75) is 19.4 Å². The molecule has 0 aliphatic heterocycles. The van der Waals surface area contributed by atoms with Crippen LogP contribution >= 0.6 is 0 Å². The van der Waals surface area contributed by atoms with Gasteiger partial charge in [0.05, 0.1) is 7.11 Å².